The van der Waals surface area contributed by atoms with E-state index in [1.165, 1.54) is 88.3 Å². The van der Waals surface area contributed by atoms with Crippen LogP contribution in [0.2, 0.25) is 0 Å². The highest BCUT2D eigenvalue weighted by Crippen LogP contribution is 2.18. The molecule has 0 saturated carbocycles. The highest BCUT2D eigenvalue weighted by Gasteiger charge is 2.24. The average molecular weight is 462 g/mol. The molecule has 0 bridgehead atoms. The van der Waals surface area contributed by atoms with Gasteiger partial charge in [-0.3, -0.25) is 0 Å². The van der Waals surface area contributed by atoms with Crippen LogP contribution < -0.4 is 24.0 Å². The van der Waals surface area contributed by atoms with E-state index in [9.17, 15) is 0 Å². The van der Waals surface area contributed by atoms with Gasteiger partial charge in [-0.05, 0) is 48.0 Å². The Morgan fingerprint density at radius 1 is 0.600 bits per heavy atom. The summed E-state index contributed by atoms with van der Waals surface area (Å²) in [6.07, 6.45) is 13.9. The Bertz CT molecular complexity index is 176. The molecule has 0 unspecified atom stereocenters. The summed E-state index contributed by atoms with van der Waals surface area (Å²) in [5.41, 5.74) is 1.16. The normalized spacial score (nSPS) is 11.4. The lowest BCUT2D eigenvalue weighted by Gasteiger charge is -2.37. The minimum absolute atomic E-state index is 0. The molecule has 0 aromatic rings. The molecule has 0 aromatic heterocycles. The minimum atomic E-state index is 0. The lowest BCUT2D eigenvalue weighted by atomic mass is 10.1. The van der Waals surface area contributed by atoms with Crippen LogP contribution in [0.25, 0.3) is 0 Å². The number of halogens is 2. The standard InChI is InChI=1S/C17H37BrN.HI/c1-4-7-10-12-15-19(17-18,14-9-6-3)16-13-11-8-5-2;/h4-17H2,1-3H3;1H/q+1;/p-1. The largest absolute Gasteiger partial charge is 1.00 e. The maximum Gasteiger partial charge on any atom is 0.134 e. The van der Waals surface area contributed by atoms with Gasteiger partial charge in [0.25, 0.3) is 0 Å². The van der Waals surface area contributed by atoms with Crippen molar-refractivity contribution in [2.24, 2.45) is 0 Å². The second-order valence-corrected chi connectivity index (χ2v) is 6.61. The van der Waals surface area contributed by atoms with Gasteiger partial charge in [0.15, 0.2) is 0 Å². The van der Waals surface area contributed by atoms with Crippen molar-refractivity contribution in [2.75, 3.05) is 25.1 Å². The Morgan fingerprint density at radius 3 is 1.35 bits per heavy atom. The number of nitrogens with zero attached hydrogens (tertiary/aromatic N) is 1. The summed E-state index contributed by atoms with van der Waals surface area (Å²) in [4.78, 5) is 0. The van der Waals surface area contributed by atoms with Crippen LogP contribution in [-0.2, 0) is 0 Å². The van der Waals surface area contributed by atoms with Crippen LogP contribution in [0, 0.1) is 0 Å². The molecule has 0 atom stereocenters. The minimum Gasteiger partial charge on any atom is -1.00 e. The van der Waals surface area contributed by atoms with E-state index in [1.54, 1.807) is 0 Å². The second kappa shape index (κ2) is 16.5. The van der Waals surface area contributed by atoms with Gasteiger partial charge in [-0.15, -0.1) is 0 Å². The van der Waals surface area contributed by atoms with Crippen molar-refractivity contribution >= 4 is 15.9 Å². The van der Waals surface area contributed by atoms with E-state index in [1.807, 2.05) is 0 Å². The quantitative estimate of drug-likeness (QED) is 0.122. The van der Waals surface area contributed by atoms with E-state index in [0.717, 1.165) is 5.45 Å². The van der Waals surface area contributed by atoms with Crippen molar-refractivity contribution in [1.82, 2.24) is 0 Å². The fourth-order valence-electron chi connectivity index (χ4n) is 2.76. The Kier molecular flexibility index (Phi) is 19.4. The molecule has 1 nitrogen and oxygen atoms in total. The van der Waals surface area contributed by atoms with Crippen LogP contribution in [0.4, 0.5) is 0 Å². The number of hydrogen-bond acceptors (Lipinski definition) is 0. The molecule has 0 fully saturated rings. The van der Waals surface area contributed by atoms with E-state index < -0.39 is 0 Å². The monoisotopic (exact) mass is 461 g/mol. The summed E-state index contributed by atoms with van der Waals surface area (Å²) in [5, 5.41) is 0. The molecule has 20 heavy (non-hydrogen) atoms. The summed E-state index contributed by atoms with van der Waals surface area (Å²) in [7, 11) is 0. The van der Waals surface area contributed by atoms with Gasteiger partial charge in [-0.2, -0.15) is 0 Å². The highest BCUT2D eigenvalue weighted by atomic mass is 127. The van der Waals surface area contributed by atoms with Crippen molar-refractivity contribution in [1.29, 1.82) is 0 Å². The number of unbranched alkanes of at least 4 members (excludes halogenated alkanes) is 7. The van der Waals surface area contributed by atoms with Crippen molar-refractivity contribution in [3.63, 3.8) is 0 Å². The molecule has 0 aliphatic heterocycles. The van der Waals surface area contributed by atoms with Crippen molar-refractivity contribution in [3.05, 3.63) is 0 Å². The summed E-state index contributed by atoms with van der Waals surface area (Å²) in [6, 6.07) is 0. The lowest BCUT2D eigenvalue weighted by Crippen LogP contribution is -3.00. The molecule has 0 N–H and O–H groups in total. The number of hydrogen-bond donors (Lipinski definition) is 0. The van der Waals surface area contributed by atoms with Gasteiger partial charge >= 0.3 is 0 Å². The third-order valence-electron chi connectivity index (χ3n) is 4.21. The highest BCUT2D eigenvalue weighted by molar-refractivity contribution is 9.09. The molecule has 0 amide bonds. The maximum atomic E-state index is 3.81. The van der Waals surface area contributed by atoms with Gasteiger partial charge in [0.1, 0.15) is 5.45 Å². The van der Waals surface area contributed by atoms with Crippen LogP contribution in [0.3, 0.4) is 0 Å². The molecule has 0 spiro atoms. The molecule has 0 aliphatic carbocycles. The van der Waals surface area contributed by atoms with Crippen LogP contribution in [-0.4, -0.2) is 29.6 Å². The van der Waals surface area contributed by atoms with Crippen molar-refractivity contribution in [2.45, 2.75) is 85.0 Å². The first-order valence-corrected chi connectivity index (χ1v) is 9.77. The maximum absolute atomic E-state index is 3.81. The molecule has 0 aliphatic rings. The van der Waals surface area contributed by atoms with E-state index in [0.29, 0.717) is 0 Å². The Morgan fingerprint density at radius 2 is 1.00 bits per heavy atom. The number of rotatable bonds is 14. The third kappa shape index (κ3) is 11.8. The van der Waals surface area contributed by atoms with E-state index >= 15 is 0 Å². The SMILES string of the molecule is CCCCCC[N+](CBr)(CCCC)CCCCCC.[I-]. The molecule has 0 heterocycles. The van der Waals surface area contributed by atoms with Gasteiger partial charge in [0.05, 0.1) is 19.6 Å². The van der Waals surface area contributed by atoms with E-state index in [2.05, 4.69) is 36.7 Å². The molecule has 0 radical (unpaired) electrons. The smallest absolute Gasteiger partial charge is 0.134 e. The topological polar surface area (TPSA) is 0 Å². The Hall–Kier alpha value is 1.17. The molecule has 0 saturated heterocycles. The average Bonchev–Trinajstić information content (AvgIpc) is 2.45. The first kappa shape index (κ1) is 23.4. The van der Waals surface area contributed by atoms with Crippen molar-refractivity contribution < 1.29 is 28.5 Å². The van der Waals surface area contributed by atoms with E-state index in [-0.39, 0.29) is 24.0 Å². The molecular weight excluding hydrogens is 425 g/mol. The summed E-state index contributed by atoms with van der Waals surface area (Å²) in [6.45, 7) is 11.1. The predicted octanol–water partition coefficient (Wildman–Crippen LogP) is 3.12. The van der Waals surface area contributed by atoms with Gasteiger partial charge in [-0.1, -0.05) is 52.9 Å². The molecule has 0 aromatic carbocycles. The first-order chi connectivity index (χ1) is 9.24. The molecule has 124 valence electrons. The Labute approximate surface area is 154 Å². The van der Waals surface area contributed by atoms with Gasteiger partial charge < -0.3 is 28.5 Å². The van der Waals surface area contributed by atoms with Crippen LogP contribution in [0.1, 0.15) is 85.0 Å². The van der Waals surface area contributed by atoms with Gasteiger partial charge in [0, 0.05) is 0 Å². The van der Waals surface area contributed by atoms with Gasteiger partial charge in [0.2, 0.25) is 0 Å². The number of quaternary nitrogens is 1. The molecule has 0 rings (SSSR count). The fourth-order valence-corrected chi connectivity index (χ4v) is 3.51. The van der Waals surface area contributed by atoms with Crippen molar-refractivity contribution in [3.8, 4) is 0 Å². The zero-order valence-corrected chi connectivity index (χ0v) is 17.8. The third-order valence-corrected chi connectivity index (χ3v) is 5.28. The lowest BCUT2D eigenvalue weighted by molar-refractivity contribution is -0.915. The zero-order valence-electron chi connectivity index (χ0n) is 14.1. The van der Waals surface area contributed by atoms with Crippen LogP contribution in [0.5, 0.6) is 0 Å². The Balaban J connectivity index is 0. The summed E-state index contributed by atoms with van der Waals surface area (Å²) in [5.74, 6) is 0. The van der Waals surface area contributed by atoms with Crippen LogP contribution >= 0.6 is 15.9 Å². The molecule has 3 heteroatoms. The summed E-state index contributed by atoms with van der Waals surface area (Å²) < 4.78 is 1.32. The fraction of sp³-hybridized carbons (Fsp3) is 1.00. The number of alkyl halides is 1. The second-order valence-electron chi connectivity index (χ2n) is 6.11. The van der Waals surface area contributed by atoms with Gasteiger partial charge in [-0.25, -0.2) is 0 Å². The first-order valence-electron chi connectivity index (χ1n) is 8.65. The van der Waals surface area contributed by atoms with E-state index in [4.69, 9.17) is 0 Å². The molecular formula is C17H37BrIN. The zero-order chi connectivity index (χ0) is 14.4. The summed E-state index contributed by atoms with van der Waals surface area (Å²) >= 11 is 3.81. The predicted molar refractivity (Wildman–Crippen MR) is 91.8 cm³/mol. The van der Waals surface area contributed by atoms with Crippen LogP contribution in [0.15, 0.2) is 0 Å².